The Morgan fingerprint density at radius 3 is 2.17 bits per heavy atom. The zero-order chi connectivity index (χ0) is 22.1. The fraction of sp³-hybridized carbons (Fsp3) is 0.273. The minimum absolute atomic E-state index is 0.206. The largest absolute Gasteiger partial charge is 0.493 e. The van der Waals surface area contributed by atoms with E-state index in [1.165, 1.54) is 33.5 Å². The average Bonchev–Trinajstić information content (AvgIpc) is 2.75. The van der Waals surface area contributed by atoms with Gasteiger partial charge in [0.1, 0.15) is 5.82 Å². The zero-order valence-electron chi connectivity index (χ0n) is 17.4. The lowest BCUT2D eigenvalue weighted by molar-refractivity contribution is -0.116. The molecule has 0 aliphatic carbocycles. The Morgan fingerprint density at radius 2 is 1.60 bits per heavy atom. The van der Waals surface area contributed by atoms with Crippen LogP contribution in [0.5, 0.6) is 17.2 Å². The van der Waals surface area contributed by atoms with Crippen molar-refractivity contribution in [3.8, 4) is 17.2 Å². The van der Waals surface area contributed by atoms with Crippen LogP contribution < -0.4 is 24.8 Å². The molecule has 0 unspecified atom stereocenters. The second-order valence-corrected chi connectivity index (χ2v) is 6.30. The number of ether oxygens (including phenoxy) is 3. The number of amides is 2. The number of carbonyl (C=O) groups excluding carboxylic acids is 2. The number of nitrogens with one attached hydrogen (secondary N) is 2. The molecule has 2 amide bonds. The molecule has 0 bridgehead atoms. The quantitative estimate of drug-likeness (QED) is 0.485. The van der Waals surface area contributed by atoms with Crippen LogP contribution in [-0.2, 0) is 4.79 Å². The smallest absolute Gasteiger partial charge is 0.251 e. The summed E-state index contributed by atoms with van der Waals surface area (Å²) in [6.07, 6.45) is 2.96. The minimum atomic E-state index is -0.437. The van der Waals surface area contributed by atoms with Crippen LogP contribution in [0.2, 0.25) is 0 Å². The minimum Gasteiger partial charge on any atom is -0.493 e. The van der Waals surface area contributed by atoms with Gasteiger partial charge in [-0.1, -0.05) is 6.07 Å². The van der Waals surface area contributed by atoms with Crippen molar-refractivity contribution < 1.29 is 28.2 Å². The van der Waals surface area contributed by atoms with Crippen LogP contribution in [0.1, 0.15) is 21.5 Å². The molecule has 0 atom stereocenters. The first-order valence-electron chi connectivity index (χ1n) is 9.19. The summed E-state index contributed by atoms with van der Waals surface area (Å²) < 4.78 is 29.3. The van der Waals surface area contributed by atoms with E-state index in [1.54, 1.807) is 37.3 Å². The summed E-state index contributed by atoms with van der Waals surface area (Å²) in [6.45, 7) is 2.05. The Kier molecular flexibility index (Phi) is 8.22. The molecule has 160 valence electrons. The summed E-state index contributed by atoms with van der Waals surface area (Å²) in [5, 5.41) is 5.28. The summed E-state index contributed by atoms with van der Waals surface area (Å²) in [6, 6.07) is 7.70. The van der Waals surface area contributed by atoms with Crippen LogP contribution in [0.15, 0.2) is 36.4 Å². The molecule has 0 saturated heterocycles. The van der Waals surface area contributed by atoms with Crippen LogP contribution in [0.3, 0.4) is 0 Å². The molecule has 2 aromatic carbocycles. The van der Waals surface area contributed by atoms with Crippen LogP contribution in [-0.4, -0.2) is 46.2 Å². The summed E-state index contributed by atoms with van der Waals surface area (Å²) in [5.74, 6) is 0.244. The zero-order valence-corrected chi connectivity index (χ0v) is 17.4. The average molecular weight is 416 g/mol. The Morgan fingerprint density at radius 1 is 0.967 bits per heavy atom. The monoisotopic (exact) mass is 416 g/mol. The highest BCUT2D eigenvalue weighted by molar-refractivity contribution is 5.94. The van der Waals surface area contributed by atoms with Gasteiger partial charge in [0, 0.05) is 24.7 Å². The summed E-state index contributed by atoms with van der Waals surface area (Å²) in [7, 11) is 4.53. The van der Waals surface area contributed by atoms with Crippen LogP contribution in [0.25, 0.3) is 6.08 Å². The normalized spacial score (nSPS) is 10.6. The molecule has 30 heavy (non-hydrogen) atoms. The van der Waals surface area contributed by atoms with Crippen molar-refractivity contribution in [3.05, 3.63) is 58.9 Å². The fourth-order valence-corrected chi connectivity index (χ4v) is 2.63. The Labute approximate surface area is 174 Å². The van der Waals surface area contributed by atoms with Gasteiger partial charge in [0.2, 0.25) is 11.7 Å². The molecular formula is C22H25FN2O5. The van der Waals surface area contributed by atoms with E-state index in [2.05, 4.69) is 10.6 Å². The molecule has 0 aliphatic rings. The number of rotatable bonds is 9. The van der Waals surface area contributed by atoms with Gasteiger partial charge in [-0.3, -0.25) is 9.59 Å². The van der Waals surface area contributed by atoms with Crippen molar-refractivity contribution in [2.45, 2.75) is 6.92 Å². The highest BCUT2D eigenvalue weighted by Gasteiger charge is 2.12. The van der Waals surface area contributed by atoms with E-state index in [1.807, 2.05) is 0 Å². The van der Waals surface area contributed by atoms with Gasteiger partial charge in [-0.2, -0.15) is 0 Å². The van der Waals surface area contributed by atoms with E-state index in [4.69, 9.17) is 14.2 Å². The summed E-state index contributed by atoms with van der Waals surface area (Å²) >= 11 is 0. The number of hydrogen-bond acceptors (Lipinski definition) is 5. The predicted octanol–water partition coefficient (Wildman–Crippen LogP) is 2.72. The van der Waals surface area contributed by atoms with E-state index >= 15 is 0 Å². The highest BCUT2D eigenvalue weighted by Crippen LogP contribution is 2.38. The first-order chi connectivity index (χ1) is 14.4. The number of hydrogen-bond donors (Lipinski definition) is 2. The Hall–Kier alpha value is -3.55. The number of methoxy groups -OCH3 is 3. The molecule has 0 fully saturated rings. The van der Waals surface area contributed by atoms with Crippen molar-refractivity contribution in [3.63, 3.8) is 0 Å². The standard InChI is InChI=1S/C22H25FN2O5/c1-14-5-7-16(13-17(14)23)22(27)25-10-9-24-20(26)8-6-15-11-18(28-2)21(30-4)19(12-15)29-3/h5-8,11-13H,9-10H2,1-4H3,(H,24,26)(H,25,27)/b8-6+. The Balaban J connectivity index is 1.86. The van der Waals surface area contributed by atoms with Gasteiger partial charge < -0.3 is 24.8 Å². The number of aryl methyl sites for hydroxylation is 1. The van der Waals surface area contributed by atoms with E-state index in [-0.39, 0.29) is 24.6 Å². The van der Waals surface area contributed by atoms with Crippen molar-refractivity contribution in [1.82, 2.24) is 10.6 Å². The van der Waals surface area contributed by atoms with Gasteiger partial charge in [-0.25, -0.2) is 4.39 Å². The molecule has 2 aromatic rings. The van der Waals surface area contributed by atoms with Gasteiger partial charge in [-0.05, 0) is 48.4 Å². The predicted molar refractivity (Wildman–Crippen MR) is 112 cm³/mol. The van der Waals surface area contributed by atoms with Crippen LogP contribution in [0, 0.1) is 12.7 Å². The lowest BCUT2D eigenvalue weighted by atomic mass is 10.1. The van der Waals surface area contributed by atoms with Gasteiger partial charge in [0.25, 0.3) is 5.91 Å². The van der Waals surface area contributed by atoms with Crippen molar-refractivity contribution >= 4 is 17.9 Å². The first-order valence-corrected chi connectivity index (χ1v) is 9.19. The third-order valence-corrected chi connectivity index (χ3v) is 4.26. The SMILES string of the molecule is COc1cc(/C=C/C(=O)NCCNC(=O)c2ccc(C)c(F)c2)cc(OC)c1OC. The topological polar surface area (TPSA) is 85.9 Å². The molecule has 0 heterocycles. The number of halogens is 1. The maximum Gasteiger partial charge on any atom is 0.251 e. The lowest BCUT2D eigenvalue weighted by Crippen LogP contribution is -2.34. The molecule has 0 radical (unpaired) electrons. The Bertz CT molecular complexity index is 918. The number of carbonyl (C=O) groups is 2. The van der Waals surface area contributed by atoms with Crippen molar-refractivity contribution in [2.24, 2.45) is 0 Å². The first kappa shape index (κ1) is 22.7. The molecule has 2 rings (SSSR count). The maximum absolute atomic E-state index is 13.5. The van der Waals surface area contributed by atoms with Crippen LogP contribution in [0.4, 0.5) is 4.39 Å². The second kappa shape index (κ2) is 10.8. The number of benzene rings is 2. The molecule has 2 N–H and O–H groups in total. The third kappa shape index (κ3) is 5.97. The van der Waals surface area contributed by atoms with Gasteiger partial charge in [0.05, 0.1) is 21.3 Å². The summed E-state index contributed by atoms with van der Waals surface area (Å²) in [5.41, 5.74) is 1.39. The molecule has 0 spiro atoms. The third-order valence-electron chi connectivity index (χ3n) is 4.26. The lowest BCUT2D eigenvalue weighted by Gasteiger charge is -2.12. The summed E-state index contributed by atoms with van der Waals surface area (Å²) in [4.78, 5) is 24.0. The molecule has 0 aliphatic heterocycles. The molecule has 7 nitrogen and oxygen atoms in total. The van der Waals surface area contributed by atoms with Crippen molar-refractivity contribution in [1.29, 1.82) is 0 Å². The maximum atomic E-state index is 13.5. The van der Waals surface area contributed by atoms with Gasteiger partial charge in [-0.15, -0.1) is 0 Å². The highest BCUT2D eigenvalue weighted by atomic mass is 19.1. The van der Waals surface area contributed by atoms with Crippen molar-refractivity contribution in [2.75, 3.05) is 34.4 Å². The molecule has 0 aromatic heterocycles. The molecule has 8 heteroatoms. The van der Waals surface area contributed by atoms with Gasteiger partial charge >= 0.3 is 0 Å². The van der Waals surface area contributed by atoms with E-state index < -0.39 is 11.7 Å². The molecule has 0 saturated carbocycles. The second-order valence-electron chi connectivity index (χ2n) is 6.30. The fourth-order valence-electron chi connectivity index (χ4n) is 2.63. The van der Waals surface area contributed by atoms with E-state index in [0.717, 1.165) is 0 Å². The van der Waals surface area contributed by atoms with Gasteiger partial charge in [0.15, 0.2) is 11.5 Å². The molecular weight excluding hydrogens is 391 g/mol. The van der Waals surface area contributed by atoms with E-state index in [0.29, 0.717) is 28.4 Å². The van der Waals surface area contributed by atoms with Crippen LogP contribution >= 0.6 is 0 Å². The van der Waals surface area contributed by atoms with E-state index in [9.17, 15) is 14.0 Å².